The predicted octanol–water partition coefficient (Wildman–Crippen LogP) is 5.26. The maximum absolute atomic E-state index is 12.2. The van der Waals surface area contributed by atoms with Crippen molar-refractivity contribution in [2.45, 2.75) is 44.9 Å². The monoisotopic (exact) mass is 481 g/mol. The predicted molar refractivity (Wildman–Crippen MR) is 139 cm³/mol. The number of carbonyl (C=O) groups is 1. The summed E-state index contributed by atoms with van der Waals surface area (Å²) in [5, 5.41) is 21.6. The second kappa shape index (κ2) is 11.1. The highest BCUT2D eigenvalue weighted by atomic mass is 32.1. The van der Waals surface area contributed by atoms with Gasteiger partial charge in [-0.1, -0.05) is 83.6 Å². The minimum absolute atomic E-state index is 0.0740. The van der Waals surface area contributed by atoms with Crippen molar-refractivity contribution in [3.8, 4) is 0 Å². The van der Waals surface area contributed by atoms with E-state index in [1.54, 1.807) is 0 Å². The van der Waals surface area contributed by atoms with Gasteiger partial charge in [0.25, 0.3) is 0 Å². The number of aromatic nitrogens is 4. The topological polar surface area (TPSA) is 80.7 Å². The van der Waals surface area contributed by atoms with Crippen LogP contribution in [0.2, 0.25) is 0 Å². The van der Waals surface area contributed by atoms with E-state index >= 15 is 0 Å². The Morgan fingerprint density at radius 1 is 0.857 bits per heavy atom. The molecule has 0 fully saturated rings. The molecular formula is C28H27N5OS. The fourth-order valence-electron chi connectivity index (χ4n) is 4.25. The van der Waals surface area contributed by atoms with E-state index in [9.17, 15) is 4.79 Å². The van der Waals surface area contributed by atoms with Crippen LogP contribution in [0.15, 0.2) is 72.3 Å². The van der Waals surface area contributed by atoms with E-state index < -0.39 is 0 Å². The van der Waals surface area contributed by atoms with Gasteiger partial charge in [-0.05, 0) is 48.4 Å². The van der Waals surface area contributed by atoms with E-state index in [4.69, 9.17) is 0 Å². The number of anilines is 1. The molecule has 5 rings (SSSR count). The number of allylic oxidation sites excluding steroid dienone is 1. The van der Waals surface area contributed by atoms with Crippen molar-refractivity contribution in [1.82, 2.24) is 20.4 Å². The lowest BCUT2D eigenvalue weighted by Crippen LogP contribution is -2.14. The molecule has 0 aliphatic heterocycles. The van der Waals surface area contributed by atoms with Crippen LogP contribution in [0, 0.1) is 0 Å². The van der Waals surface area contributed by atoms with E-state index in [2.05, 4.69) is 62.1 Å². The lowest BCUT2D eigenvalue weighted by Gasteiger charge is -2.03. The number of nitrogens with one attached hydrogen (secondary N) is 1. The van der Waals surface area contributed by atoms with Gasteiger partial charge < -0.3 is 5.32 Å². The van der Waals surface area contributed by atoms with Crippen LogP contribution in [-0.4, -0.2) is 26.3 Å². The van der Waals surface area contributed by atoms with Crippen molar-refractivity contribution in [3.05, 3.63) is 105 Å². The van der Waals surface area contributed by atoms with Crippen LogP contribution in [0.5, 0.6) is 0 Å². The number of rotatable bonds is 10. The summed E-state index contributed by atoms with van der Waals surface area (Å²) in [6.07, 6.45) is 8.18. The molecule has 4 aromatic rings. The number of nitrogens with zero attached hydrogens (tertiary/aromatic N) is 4. The molecule has 7 heteroatoms. The molecule has 6 nitrogen and oxygen atoms in total. The van der Waals surface area contributed by atoms with Gasteiger partial charge in [-0.2, -0.15) is 10.2 Å². The molecule has 0 unspecified atom stereocenters. The zero-order valence-corrected chi connectivity index (χ0v) is 20.3. The van der Waals surface area contributed by atoms with Crippen molar-refractivity contribution < 1.29 is 4.79 Å². The molecule has 1 amide bonds. The Balaban J connectivity index is 1.06. The third-order valence-electron chi connectivity index (χ3n) is 5.98. The first-order valence-corrected chi connectivity index (χ1v) is 12.8. The maximum atomic E-state index is 12.2. The van der Waals surface area contributed by atoms with E-state index in [1.807, 2.05) is 36.4 Å². The van der Waals surface area contributed by atoms with Crippen LogP contribution in [0.1, 0.15) is 45.9 Å². The summed E-state index contributed by atoms with van der Waals surface area (Å²) in [7, 11) is 0. The summed E-state index contributed by atoms with van der Waals surface area (Å²) < 4.78 is 0. The second-order valence-corrected chi connectivity index (χ2v) is 9.86. The number of hydrogen-bond donors (Lipinski definition) is 1. The van der Waals surface area contributed by atoms with Crippen LogP contribution < -0.4 is 5.32 Å². The minimum atomic E-state index is -0.0740. The normalized spacial score (nSPS) is 12.3. The molecule has 35 heavy (non-hydrogen) atoms. The van der Waals surface area contributed by atoms with Gasteiger partial charge in [0, 0.05) is 12.8 Å². The molecule has 0 saturated carbocycles. The number of carbonyl (C=O) groups excluding carboxylic acids is 1. The number of hydrogen-bond acceptors (Lipinski definition) is 6. The number of aryl methyl sites for hydroxylation is 2. The summed E-state index contributed by atoms with van der Waals surface area (Å²) in [6.45, 7) is 0. The fraction of sp³-hybridized carbons (Fsp3) is 0.250. The first kappa shape index (κ1) is 23.1. The Morgan fingerprint density at radius 3 is 2.40 bits per heavy atom. The second-order valence-electron chi connectivity index (χ2n) is 8.80. The van der Waals surface area contributed by atoms with Crippen LogP contribution >= 0.6 is 11.3 Å². The number of amides is 1. The van der Waals surface area contributed by atoms with Crippen molar-refractivity contribution in [2.75, 3.05) is 5.32 Å². The standard InChI is InChI=1S/C28H27N5OS/c34-26(18-21-11-5-2-6-12-21)29-28-33-32-27(35-28)14-8-7-13-24-19-23-16-22(17-25(23)31-30-24)15-20-9-3-1-4-10-20/h1-6,9-12,16,19H,7-8,13-15,17-18H2,(H,29,33,34). The van der Waals surface area contributed by atoms with Crippen LogP contribution in [-0.2, 0) is 36.9 Å². The first-order chi connectivity index (χ1) is 17.2. The Hall–Kier alpha value is -3.71. The van der Waals surface area contributed by atoms with Gasteiger partial charge in [-0.25, -0.2) is 0 Å². The zero-order chi connectivity index (χ0) is 23.9. The number of unbranched alkanes of at least 4 members (excludes halogenated alkanes) is 1. The van der Waals surface area contributed by atoms with Gasteiger partial charge in [0.15, 0.2) is 0 Å². The van der Waals surface area contributed by atoms with Gasteiger partial charge in [-0.15, -0.1) is 10.2 Å². The smallest absolute Gasteiger partial charge is 0.230 e. The van der Waals surface area contributed by atoms with Gasteiger partial charge in [0.2, 0.25) is 11.0 Å². The fourth-order valence-corrected chi connectivity index (χ4v) is 5.05. The summed E-state index contributed by atoms with van der Waals surface area (Å²) in [5.74, 6) is -0.0740. The minimum Gasteiger partial charge on any atom is -0.300 e. The first-order valence-electron chi connectivity index (χ1n) is 12.0. The van der Waals surface area contributed by atoms with Crippen molar-refractivity contribution >= 4 is 28.5 Å². The van der Waals surface area contributed by atoms with E-state index in [0.29, 0.717) is 11.6 Å². The molecule has 2 aromatic heterocycles. The van der Waals surface area contributed by atoms with Gasteiger partial charge >= 0.3 is 0 Å². The quantitative estimate of drug-likeness (QED) is 0.313. The van der Waals surface area contributed by atoms with Crippen LogP contribution in [0.4, 0.5) is 5.13 Å². The highest BCUT2D eigenvalue weighted by molar-refractivity contribution is 7.15. The third kappa shape index (κ3) is 6.45. The molecule has 2 heterocycles. The third-order valence-corrected chi connectivity index (χ3v) is 6.88. The molecule has 1 N–H and O–H groups in total. The summed E-state index contributed by atoms with van der Waals surface area (Å²) >= 11 is 1.45. The highest BCUT2D eigenvalue weighted by Crippen LogP contribution is 2.26. The Labute approximate surface area is 209 Å². The molecular weight excluding hydrogens is 454 g/mol. The maximum Gasteiger partial charge on any atom is 0.230 e. The lowest BCUT2D eigenvalue weighted by molar-refractivity contribution is -0.115. The lowest BCUT2D eigenvalue weighted by atomic mass is 10.0. The largest absolute Gasteiger partial charge is 0.300 e. The number of fused-ring (bicyclic) bond motifs is 1. The van der Waals surface area contributed by atoms with Crippen molar-refractivity contribution in [3.63, 3.8) is 0 Å². The van der Waals surface area contributed by atoms with E-state index in [1.165, 1.54) is 28.0 Å². The molecule has 0 bridgehead atoms. The molecule has 1 aliphatic carbocycles. The molecule has 0 saturated heterocycles. The van der Waals surface area contributed by atoms with Crippen molar-refractivity contribution in [1.29, 1.82) is 0 Å². The molecule has 0 atom stereocenters. The van der Waals surface area contributed by atoms with Crippen LogP contribution in [0.25, 0.3) is 6.08 Å². The molecule has 1 aliphatic rings. The van der Waals surface area contributed by atoms with Gasteiger partial charge in [-0.3, -0.25) is 4.79 Å². The SMILES string of the molecule is O=C(Cc1ccccc1)Nc1nnc(CCCCc2cc3c(nn2)CC(Cc2ccccc2)=C3)s1. The summed E-state index contributed by atoms with van der Waals surface area (Å²) in [4.78, 5) is 12.2. The summed E-state index contributed by atoms with van der Waals surface area (Å²) in [6, 6.07) is 22.4. The molecule has 0 spiro atoms. The van der Waals surface area contributed by atoms with E-state index in [-0.39, 0.29) is 5.91 Å². The zero-order valence-electron chi connectivity index (χ0n) is 19.5. The molecule has 0 radical (unpaired) electrons. The molecule has 176 valence electrons. The van der Waals surface area contributed by atoms with Gasteiger partial charge in [0.1, 0.15) is 5.01 Å². The number of benzene rings is 2. The summed E-state index contributed by atoms with van der Waals surface area (Å²) in [5.41, 5.74) is 7.02. The average molecular weight is 482 g/mol. The Bertz CT molecular complexity index is 1320. The molecule has 2 aromatic carbocycles. The Morgan fingerprint density at radius 2 is 1.60 bits per heavy atom. The van der Waals surface area contributed by atoms with Crippen molar-refractivity contribution in [2.24, 2.45) is 0 Å². The highest BCUT2D eigenvalue weighted by Gasteiger charge is 2.16. The van der Waals surface area contributed by atoms with Gasteiger partial charge in [0.05, 0.1) is 17.8 Å². The van der Waals surface area contributed by atoms with E-state index in [0.717, 1.165) is 60.5 Å². The van der Waals surface area contributed by atoms with Crippen LogP contribution in [0.3, 0.4) is 0 Å². The average Bonchev–Trinajstić information content (AvgIpc) is 3.48. The Kier molecular flexibility index (Phi) is 7.34.